The molecule has 6 rings (SSSR count). The third-order valence-electron chi connectivity index (χ3n) is 8.44. The summed E-state index contributed by atoms with van der Waals surface area (Å²) in [7, 11) is 3.36. The lowest BCUT2D eigenvalue weighted by Crippen LogP contribution is -2.48. The molecule has 3 heterocycles. The summed E-state index contributed by atoms with van der Waals surface area (Å²) in [5.41, 5.74) is 5.36. The van der Waals surface area contributed by atoms with Gasteiger partial charge in [0.1, 0.15) is 11.5 Å². The quantitative estimate of drug-likeness (QED) is 0.119. The van der Waals surface area contributed by atoms with Crippen LogP contribution in [0.3, 0.4) is 0 Å². The van der Waals surface area contributed by atoms with Crippen LogP contribution in [-0.4, -0.2) is 78.2 Å². The van der Waals surface area contributed by atoms with Gasteiger partial charge >= 0.3 is 0 Å². The van der Waals surface area contributed by atoms with E-state index >= 15 is 0 Å². The fourth-order valence-corrected chi connectivity index (χ4v) is 6.93. The van der Waals surface area contributed by atoms with Crippen LogP contribution in [0.15, 0.2) is 71.9 Å². The van der Waals surface area contributed by atoms with Gasteiger partial charge in [-0.05, 0) is 79.1 Å². The van der Waals surface area contributed by atoms with E-state index in [0.29, 0.717) is 6.42 Å². The van der Waals surface area contributed by atoms with E-state index in [1.165, 1.54) is 5.56 Å². The molecule has 10 heteroatoms. The minimum absolute atomic E-state index is 0.234. The van der Waals surface area contributed by atoms with E-state index in [2.05, 4.69) is 52.8 Å². The number of aromatic nitrogens is 2. The number of hydrogen-bond acceptors (Lipinski definition) is 8. The maximum atomic E-state index is 13.1. The van der Waals surface area contributed by atoms with Crippen LogP contribution in [-0.2, 0) is 17.9 Å². The number of methoxy groups -OCH3 is 2. The zero-order chi connectivity index (χ0) is 31.9. The number of amides is 1. The SMILES string of the molecule is CCCn1c(SCCCC(=O)N2CCN(Cc3ccc4c(c3)OCO4)CC2)nc(-c2ccc(OC)cc2)c1-c1ccc(OC)cc1. The number of hydrogen-bond donors (Lipinski definition) is 0. The van der Waals surface area contributed by atoms with Crippen molar-refractivity contribution < 1.29 is 23.7 Å². The Morgan fingerprint density at radius 2 is 1.54 bits per heavy atom. The lowest BCUT2D eigenvalue weighted by Gasteiger charge is -2.34. The van der Waals surface area contributed by atoms with Gasteiger partial charge in [-0.25, -0.2) is 4.98 Å². The van der Waals surface area contributed by atoms with Crippen LogP contribution in [0.25, 0.3) is 22.5 Å². The number of carbonyl (C=O) groups is 1. The van der Waals surface area contributed by atoms with E-state index in [9.17, 15) is 4.79 Å². The van der Waals surface area contributed by atoms with Gasteiger partial charge in [0.25, 0.3) is 0 Å². The monoisotopic (exact) mass is 642 g/mol. The van der Waals surface area contributed by atoms with Crippen molar-refractivity contribution in [2.45, 2.75) is 44.4 Å². The molecule has 2 aliphatic heterocycles. The molecule has 0 bridgehead atoms. The molecule has 1 amide bonds. The predicted octanol–water partition coefficient (Wildman–Crippen LogP) is 6.59. The number of nitrogens with zero attached hydrogens (tertiary/aromatic N) is 4. The molecule has 46 heavy (non-hydrogen) atoms. The second kappa shape index (κ2) is 15.0. The molecule has 0 N–H and O–H groups in total. The highest BCUT2D eigenvalue weighted by atomic mass is 32.2. The fourth-order valence-electron chi connectivity index (χ4n) is 5.96. The molecular weight excluding hydrogens is 600 g/mol. The average Bonchev–Trinajstić information content (AvgIpc) is 3.71. The number of fused-ring (bicyclic) bond motifs is 1. The zero-order valence-corrected chi connectivity index (χ0v) is 27.7. The average molecular weight is 643 g/mol. The molecule has 3 aromatic carbocycles. The van der Waals surface area contributed by atoms with Crippen molar-refractivity contribution in [2.24, 2.45) is 0 Å². The first kappa shape index (κ1) is 31.8. The topological polar surface area (TPSA) is 78.3 Å². The number of imidazole rings is 1. The maximum absolute atomic E-state index is 13.1. The molecule has 0 saturated carbocycles. The molecule has 0 aliphatic carbocycles. The molecule has 0 unspecified atom stereocenters. The van der Waals surface area contributed by atoms with Crippen molar-refractivity contribution >= 4 is 17.7 Å². The van der Waals surface area contributed by atoms with Gasteiger partial charge in [0.15, 0.2) is 16.7 Å². The molecule has 0 spiro atoms. The van der Waals surface area contributed by atoms with Crippen molar-refractivity contribution in [3.63, 3.8) is 0 Å². The standard InChI is InChI=1S/C36H42N4O5S/c1-4-17-40-35(28-10-14-30(43-3)15-11-28)34(27-8-12-29(42-2)13-9-27)37-36(40)46-22-5-6-33(41)39-20-18-38(19-21-39)24-26-7-16-31-32(23-26)45-25-44-31/h7-16,23H,4-6,17-22,24-25H2,1-3H3. The Hall–Kier alpha value is -4.15. The lowest BCUT2D eigenvalue weighted by atomic mass is 10.0. The first-order chi connectivity index (χ1) is 22.6. The smallest absolute Gasteiger partial charge is 0.231 e. The lowest BCUT2D eigenvalue weighted by molar-refractivity contribution is -0.133. The predicted molar refractivity (Wildman–Crippen MR) is 181 cm³/mol. The number of benzene rings is 3. The Labute approximate surface area is 275 Å². The fraction of sp³-hybridized carbons (Fsp3) is 0.389. The Balaban J connectivity index is 1.07. The summed E-state index contributed by atoms with van der Waals surface area (Å²) < 4.78 is 24.1. The number of thioether (sulfide) groups is 1. The number of ether oxygens (including phenoxy) is 4. The normalized spacial score (nSPS) is 14.5. The summed E-state index contributed by atoms with van der Waals surface area (Å²) in [6, 6.07) is 22.4. The minimum Gasteiger partial charge on any atom is -0.497 e. The van der Waals surface area contributed by atoms with Crippen LogP contribution >= 0.6 is 11.8 Å². The van der Waals surface area contributed by atoms with Crippen LogP contribution in [0.1, 0.15) is 31.7 Å². The Morgan fingerprint density at radius 1 is 0.870 bits per heavy atom. The third-order valence-corrected chi connectivity index (χ3v) is 9.50. The summed E-state index contributed by atoms with van der Waals surface area (Å²) in [6.45, 7) is 7.42. The van der Waals surface area contributed by atoms with Crippen LogP contribution in [0.4, 0.5) is 0 Å². The molecule has 1 fully saturated rings. The highest BCUT2D eigenvalue weighted by Crippen LogP contribution is 2.38. The number of rotatable bonds is 13. The summed E-state index contributed by atoms with van der Waals surface area (Å²) in [5, 5.41) is 0.975. The largest absolute Gasteiger partial charge is 0.497 e. The highest BCUT2D eigenvalue weighted by molar-refractivity contribution is 7.99. The Kier molecular flexibility index (Phi) is 10.3. The molecule has 0 radical (unpaired) electrons. The van der Waals surface area contributed by atoms with Crippen LogP contribution in [0.2, 0.25) is 0 Å². The van der Waals surface area contributed by atoms with Crippen molar-refractivity contribution in [2.75, 3.05) is 52.9 Å². The maximum Gasteiger partial charge on any atom is 0.231 e. The molecule has 1 saturated heterocycles. The molecule has 0 atom stereocenters. The van der Waals surface area contributed by atoms with Crippen LogP contribution in [0, 0.1) is 0 Å². The van der Waals surface area contributed by atoms with Gasteiger partial charge in [-0.15, -0.1) is 0 Å². The van der Waals surface area contributed by atoms with E-state index in [4.69, 9.17) is 23.9 Å². The summed E-state index contributed by atoms with van der Waals surface area (Å²) in [6.07, 6.45) is 2.32. The molecule has 9 nitrogen and oxygen atoms in total. The Morgan fingerprint density at radius 3 is 2.22 bits per heavy atom. The minimum atomic E-state index is 0.234. The molecule has 2 aliphatic rings. The van der Waals surface area contributed by atoms with Crippen LogP contribution < -0.4 is 18.9 Å². The van der Waals surface area contributed by atoms with Crippen LogP contribution in [0.5, 0.6) is 23.0 Å². The second-order valence-electron chi connectivity index (χ2n) is 11.5. The number of carbonyl (C=O) groups excluding carboxylic acids is 1. The molecule has 4 aromatic rings. The van der Waals surface area contributed by atoms with Gasteiger partial charge in [0.05, 0.1) is 25.6 Å². The third kappa shape index (κ3) is 7.29. The van der Waals surface area contributed by atoms with Gasteiger partial charge in [0.2, 0.25) is 12.7 Å². The highest BCUT2D eigenvalue weighted by Gasteiger charge is 2.23. The van der Waals surface area contributed by atoms with Crippen molar-refractivity contribution in [1.82, 2.24) is 19.4 Å². The summed E-state index contributed by atoms with van der Waals surface area (Å²) >= 11 is 1.73. The molecular formula is C36H42N4O5S. The number of piperazine rings is 1. The van der Waals surface area contributed by atoms with Gasteiger partial charge in [0, 0.05) is 62.6 Å². The van der Waals surface area contributed by atoms with E-state index in [0.717, 1.165) is 109 Å². The van der Waals surface area contributed by atoms with Gasteiger partial charge in [-0.3, -0.25) is 9.69 Å². The summed E-state index contributed by atoms with van der Waals surface area (Å²) in [5.74, 6) is 4.31. The summed E-state index contributed by atoms with van der Waals surface area (Å²) in [4.78, 5) is 22.7. The van der Waals surface area contributed by atoms with Gasteiger partial charge in [-0.1, -0.05) is 24.8 Å². The molecule has 1 aromatic heterocycles. The Bertz CT molecular complexity index is 1610. The van der Waals surface area contributed by atoms with Crippen molar-refractivity contribution in [1.29, 1.82) is 0 Å². The second-order valence-corrected chi connectivity index (χ2v) is 12.6. The van der Waals surface area contributed by atoms with Gasteiger partial charge in [-0.2, -0.15) is 0 Å². The van der Waals surface area contributed by atoms with E-state index in [1.807, 2.05) is 35.2 Å². The molecule has 242 valence electrons. The first-order valence-corrected chi connectivity index (χ1v) is 17.0. The van der Waals surface area contributed by atoms with E-state index in [1.54, 1.807) is 26.0 Å². The van der Waals surface area contributed by atoms with E-state index < -0.39 is 0 Å². The van der Waals surface area contributed by atoms with Crippen molar-refractivity contribution in [3.8, 4) is 45.5 Å². The van der Waals surface area contributed by atoms with Crippen molar-refractivity contribution in [3.05, 3.63) is 72.3 Å². The zero-order valence-electron chi connectivity index (χ0n) is 26.9. The first-order valence-electron chi connectivity index (χ1n) is 16.0. The van der Waals surface area contributed by atoms with E-state index in [-0.39, 0.29) is 12.7 Å². The van der Waals surface area contributed by atoms with Gasteiger partial charge < -0.3 is 28.4 Å².